The van der Waals surface area contributed by atoms with Crippen LogP contribution in [0.25, 0.3) is 0 Å². The number of nitrogens with two attached hydrogens (primary N) is 1. The van der Waals surface area contributed by atoms with E-state index >= 15 is 0 Å². The monoisotopic (exact) mass is 303 g/mol. The number of aromatic nitrogens is 2. The average Bonchev–Trinajstić information content (AvgIpc) is 2.51. The van der Waals surface area contributed by atoms with Crippen LogP contribution in [-0.4, -0.2) is 41.0 Å². The minimum atomic E-state index is 0.464. The predicted molar refractivity (Wildman–Crippen MR) is 85.4 cm³/mol. The van der Waals surface area contributed by atoms with Crippen LogP contribution in [0.2, 0.25) is 5.02 Å². The number of benzene rings is 1. The number of nitrogen functional groups attached to an aromatic ring is 1. The fraction of sp³-hybridized carbons (Fsp3) is 0.333. The van der Waals surface area contributed by atoms with Gasteiger partial charge < -0.3 is 10.6 Å². The van der Waals surface area contributed by atoms with E-state index in [0.29, 0.717) is 5.82 Å². The maximum Gasteiger partial charge on any atom is 0.141 e. The lowest BCUT2D eigenvalue weighted by molar-refractivity contribution is 0.247. The van der Waals surface area contributed by atoms with E-state index in [2.05, 4.69) is 31.9 Å². The lowest BCUT2D eigenvalue weighted by Gasteiger charge is -2.35. The van der Waals surface area contributed by atoms with E-state index in [9.17, 15) is 0 Å². The number of piperazine rings is 1. The Kier molecular flexibility index (Phi) is 4.22. The van der Waals surface area contributed by atoms with E-state index in [0.717, 1.165) is 43.4 Å². The molecule has 0 radical (unpaired) electrons. The largest absolute Gasteiger partial charge is 0.382 e. The van der Waals surface area contributed by atoms with Crippen molar-refractivity contribution in [2.24, 2.45) is 0 Å². The first kappa shape index (κ1) is 14.1. The molecular weight excluding hydrogens is 286 g/mol. The Morgan fingerprint density at radius 2 is 1.71 bits per heavy atom. The third-order valence-electron chi connectivity index (χ3n) is 3.67. The van der Waals surface area contributed by atoms with Gasteiger partial charge in [0.25, 0.3) is 0 Å². The highest BCUT2D eigenvalue weighted by atomic mass is 35.5. The number of anilines is 2. The molecule has 6 heteroatoms. The quantitative estimate of drug-likeness (QED) is 0.940. The number of hydrogen-bond donors (Lipinski definition) is 1. The van der Waals surface area contributed by atoms with Crippen molar-refractivity contribution < 1.29 is 0 Å². The first-order chi connectivity index (χ1) is 10.2. The van der Waals surface area contributed by atoms with Crippen molar-refractivity contribution >= 4 is 23.1 Å². The Morgan fingerprint density at radius 1 is 1.00 bits per heavy atom. The first-order valence-corrected chi connectivity index (χ1v) is 7.38. The molecule has 3 rings (SSSR count). The molecule has 0 atom stereocenters. The molecule has 21 heavy (non-hydrogen) atoms. The molecule has 110 valence electrons. The number of hydrogen-bond acceptors (Lipinski definition) is 5. The molecule has 1 aliphatic rings. The van der Waals surface area contributed by atoms with Crippen molar-refractivity contribution in [1.29, 1.82) is 0 Å². The molecule has 0 saturated carbocycles. The van der Waals surface area contributed by atoms with Gasteiger partial charge in [-0.15, -0.1) is 0 Å². The van der Waals surface area contributed by atoms with Gasteiger partial charge in [-0.25, -0.2) is 4.98 Å². The lowest BCUT2D eigenvalue weighted by atomic mass is 10.2. The summed E-state index contributed by atoms with van der Waals surface area (Å²) in [4.78, 5) is 13.1. The molecule has 1 aliphatic heterocycles. The fourth-order valence-electron chi connectivity index (χ4n) is 2.49. The molecule has 1 aromatic heterocycles. The van der Waals surface area contributed by atoms with E-state index in [4.69, 9.17) is 17.3 Å². The van der Waals surface area contributed by atoms with E-state index in [1.54, 1.807) is 12.4 Å². The van der Waals surface area contributed by atoms with Gasteiger partial charge in [0.1, 0.15) is 5.82 Å². The standard InChI is InChI=1S/C15H18ClN5/c16-12-1-3-14(4-2-12)21-7-5-20(6-8-21)11-13-9-19-15(17)10-18-13/h1-4,9-10H,5-8,11H2,(H2,17,19). The van der Waals surface area contributed by atoms with Crippen LogP contribution >= 0.6 is 11.6 Å². The Labute approximate surface area is 129 Å². The minimum Gasteiger partial charge on any atom is -0.382 e. The molecule has 2 N–H and O–H groups in total. The van der Waals surface area contributed by atoms with Crippen molar-refractivity contribution in [3.8, 4) is 0 Å². The van der Waals surface area contributed by atoms with E-state index in [1.807, 2.05) is 12.1 Å². The summed E-state index contributed by atoms with van der Waals surface area (Å²) in [6, 6.07) is 8.02. The molecule has 1 aromatic carbocycles. The van der Waals surface area contributed by atoms with Crippen molar-refractivity contribution in [1.82, 2.24) is 14.9 Å². The van der Waals surface area contributed by atoms with Crippen LogP contribution in [0.4, 0.5) is 11.5 Å². The summed E-state index contributed by atoms with van der Waals surface area (Å²) in [5.74, 6) is 0.464. The van der Waals surface area contributed by atoms with Crippen LogP contribution < -0.4 is 10.6 Å². The summed E-state index contributed by atoms with van der Waals surface area (Å²) in [5.41, 5.74) is 7.74. The fourth-order valence-corrected chi connectivity index (χ4v) is 2.62. The maximum atomic E-state index is 5.93. The molecule has 0 bridgehead atoms. The Morgan fingerprint density at radius 3 is 2.33 bits per heavy atom. The van der Waals surface area contributed by atoms with Crippen LogP contribution in [0, 0.1) is 0 Å². The van der Waals surface area contributed by atoms with E-state index in [-0.39, 0.29) is 0 Å². The zero-order valence-electron chi connectivity index (χ0n) is 11.7. The van der Waals surface area contributed by atoms with Gasteiger partial charge in [-0.2, -0.15) is 0 Å². The van der Waals surface area contributed by atoms with Crippen molar-refractivity contribution in [2.75, 3.05) is 36.8 Å². The number of nitrogens with zero attached hydrogens (tertiary/aromatic N) is 4. The van der Waals surface area contributed by atoms with Gasteiger partial charge in [0.2, 0.25) is 0 Å². The van der Waals surface area contributed by atoms with Crippen LogP contribution in [0.1, 0.15) is 5.69 Å². The zero-order chi connectivity index (χ0) is 14.7. The summed E-state index contributed by atoms with van der Waals surface area (Å²) >= 11 is 5.93. The zero-order valence-corrected chi connectivity index (χ0v) is 12.5. The highest BCUT2D eigenvalue weighted by molar-refractivity contribution is 6.30. The van der Waals surface area contributed by atoms with Gasteiger partial charge in [0.05, 0.1) is 18.1 Å². The molecule has 1 saturated heterocycles. The van der Waals surface area contributed by atoms with Gasteiger partial charge in [-0.05, 0) is 24.3 Å². The minimum absolute atomic E-state index is 0.464. The molecule has 2 heterocycles. The number of halogens is 1. The third-order valence-corrected chi connectivity index (χ3v) is 3.93. The molecule has 1 fully saturated rings. The molecular formula is C15H18ClN5. The van der Waals surface area contributed by atoms with Crippen molar-refractivity contribution in [3.05, 3.63) is 47.4 Å². The molecule has 0 amide bonds. The summed E-state index contributed by atoms with van der Waals surface area (Å²) in [5, 5.41) is 0.777. The van der Waals surface area contributed by atoms with Crippen LogP contribution in [0.3, 0.4) is 0 Å². The third kappa shape index (κ3) is 3.62. The van der Waals surface area contributed by atoms with E-state index < -0.39 is 0 Å². The highest BCUT2D eigenvalue weighted by Crippen LogP contribution is 2.19. The SMILES string of the molecule is Nc1cnc(CN2CCN(c3ccc(Cl)cc3)CC2)cn1. The Bertz CT molecular complexity index is 576. The second-order valence-electron chi connectivity index (χ2n) is 5.17. The first-order valence-electron chi connectivity index (χ1n) is 7.00. The molecule has 5 nitrogen and oxygen atoms in total. The second kappa shape index (κ2) is 6.28. The summed E-state index contributed by atoms with van der Waals surface area (Å²) < 4.78 is 0. The Balaban J connectivity index is 1.55. The highest BCUT2D eigenvalue weighted by Gasteiger charge is 2.17. The average molecular weight is 304 g/mol. The van der Waals surface area contributed by atoms with Crippen molar-refractivity contribution in [3.63, 3.8) is 0 Å². The van der Waals surface area contributed by atoms with E-state index in [1.165, 1.54) is 5.69 Å². The summed E-state index contributed by atoms with van der Waals surface area (Å²) in [6.45, 7) is 4.85. The van der Waals surface area contributed by atoms with Gasteiger partial charge in [0.15, 0.2) is 0 Å². The number of rotatable bonds is 3. The molecule has 0 unspecified atom stereocenters. The van der Waals surface area contributed by atoms with Gasteiger partial charge >= 0.3 is 0 Å². The van der Waals surface area contributed by atoms with Gasteiger partial charge in [0, 0.05) is 43.4 Å². The van der Waals surface area contributed by atoms with Crippen LogP contribution in [0.15, 0.2) is 36.7 Å². The summed E-state index contributed by atoms with van der Waals surface area (Å²) in [7, 11) is 0. The normalized spacial score (nSPS) is 16.1. The van der Waals surface area contributed by atoms with Crippen LogP contribution in [0.5, 0.6) is 0 Å². The van der Waals surface area contributed by atoms with Crippen molar-refractivity contribution in [2.45, 2.75) is 6.54 Å². The van der Waals surface area contributed by atoms with Crippen LogP contribution in [-0.2, 0) is 6.54 Å². The molecule has 2 aromatic rings. The lowest BCUT2D eigenvalue weighted by Crippen LogP contribution is -2.46. The molecule has 0 aliphatic carbocycles. The maximum absolute atomic E-state index is 5.93. The second-order valence-corrected chi connectivity index (χ2v) is 5.61. The topological polar surface area (TPSA) is 58.3 Å². The molecule has 0 spiro atoms. The smallest absolute Gasteiger partial charge is 0.141 e. The van der Waals surface area contributed by atoms with Gasteiger partial charge in [-0.1, -0.05) is 11.6 Å². The Hall–Kier alpha value is -1.85. The van der Waals surface area contributed by atoms with Gasteiger partial charge in [-0.3, -0.25) is 9.88 Å². The predicted octanol–water partition coefficient (Wildman–Crippen LogP) is 2.03. The summed E-state index contributed by atoms with van der Waals surface area (Å²) in [6.07, 6.45) is 3.36.